The Bertz CT molecular complexity index is 245. The van der Waals surface area contributed by atoms with E-state index >= 15 is 0 Å². The number of nitrogens with zero attached hydrogens (tertiary/aromatic N) is 1. The van der Waals surface area contributed by atoms with Crippen molar-refractivity contribution in [3.63, 3.8) is 0 Å². The summed E-state index contributed by atoms with van der Waals surface area (Å²) in [7, 11) is 0. The van der Waals surface area contributed by atoms with Gasteiger partial charge in [0.05, 0.1) is 0 Å². The molecule has 0 bridgehead atoms. The summed E-state index contributed by atoms with van der Waals surface area (Å²) in [5.74, 6) is 0. The second kappa shape index (κ2) is 4.65. The molecule has 14 heavy (non-hydrogen) atoms. The van der Waals surface area contributed by atoms with Gasteiger partial charge < -0.3 is 4.98 Å². The molecule has 2 heteroatoms. The summed E-state index contributed by atoms with van der Waals surface area (Å²) in [6.07, 6.45) is 7.57. The molecule has 2 rings (SSSR count). The lowest BCUT2D eigenvalue weighted by Crippen LogP contribution is -2.28. The van der Waals surface area contributed by atoms with E-state index in [0.29, 0.717) is 6.04 Å². The number of H-pyrrole nitrogens is 1. The molecule has 1 N–H and O–H groups in total. The highest BCUT2D eigenvalue weighted by Crippen LogP contribution is 2.21. The molecule has 0 amide bonds. The third-order valence-electron chi connectivity index (χ3n) is 3.26. The molecule has 1 saturated heterocycles. The van der Waals surface area contributed by atoms with E-state index < -0.39 is 0 Å². The average molecular weight is 192 g/mol. The molecule has 1 aromatic rings. The van der Waals surface area contributed by atoms with Gasteiger partial charge in [0.15, 0.2) is 0 Å². The molecule has 0 saturated carbocycles. The third kappa shape index (κ3) is 2.18. The van der Waals surface area contributed by atoms with Gasteiger partial charge in [0.25, 0.3) is 0 Å². The van der Waals surface area contributed by atoms with E-state index in [4.69, 9.17) is 0 Å². The molecule has 2 heterocycles. The zero-order valence-corrected chi connectivity index (χ0v) is 9.00. The molecule has 1 fully saturated rings. The standard InChI is InChI=1S/C12H20N2/c1-11(12-7-6-8-13-12)14-9-4-2-3-5-10-14/h6-8,11,13H,2-5,9-10H2,1H3. The first kappa shape index (κ1) is 9.78. The molecule has 1 aliphatic rings. The van der Waals surface area contributed by atoms with Gasteiger partial charge in [0.1, 0.15) is 0 Å². The van der Waals surface area contributed by atoms with Crippen LogP contribution in [0.4, 0.5) is 0 Å². The summed E-state index contributed by atoms with van der Waals surface area (Å²) in [4.78, 5) is 5.91. The molecule has 1 aromatic heterocycles. The summed E-state index contributed by atoms with van der Waals surface area (Å²) < 4.78 is 0. The molecule has 2 nitrogen and oxygen atoms in total. The fraction of sp³-hybridized carbons (Fsp3) is 0.667. The third-order valence-corrected chi connectivity index (χ3v) is 3.26. The minimum absolute atomic E-state index is 0.558. The van der Waals surface area contributed by atoms with Crippen LogP contribution in [0.5, 0.6) is 0 Å². The SMILES string of the molecule is CC(c1ccc[nH]1)N1CCCCCC1. The van der Waals surface area contributed by atoms with Crippen molar-refractivity contribution in [2.24, 2.45) is 0 Å². The van der Waals surface area contributed by atoms with Gasteiger partial charge in [-0.3, -0.25) is 4.90 Å². The summed E-state index contributed by atoms with van der Waals surface area (Å²) >= 11 is 0. The van der Waals surface area contributed by atoms with Crippen LogP contribution in [-0.2, 0) is 0 Å². The molecule has 78 valence electrons. The van der Waals surface area contributed by atoms with Crippen molar-refractivity contribution in [1.29, 1.82) is 0 Å². The van der Waals surface area contributed by atoms with Crippen molar-refractivity contribution < 1.29 is 0 Å². The van der Waals surface area contributed by atoms with E-state index in [1.165, 1.54) is 44.5 Å². The summed E-state index contributed by atoms with van der Waals surface area (Å²) in [6, 6.07) is 4.84. The van der Waals surface area contributed by atoms with E-state index in [1.54, 1.807) is 0 Å². The number of hydrogen-bond acceptors (Lipinski definition) is 1. The van der Waals surface area contributed by atoms with Crippen LogP contribution in [0.15, 0.2) is 18.3 Å². The minimum atomic E-state index is 0.558. The fourth-order valence-corrected chi connectivity index (χ4v) is 2.28. The second-order valence-corrected chi connectivity index (χ2v) is 4.25. The maximum atomic E-state index is 3.31. The van der Waals surface area contributed by atoms with E-state index in [9.17, 15) is 0 Å². The normalized spacial score (nSPS) is 21.8. The Kier molecular flexibility index (Phi) is 3.25. The minimum Gasteiger partial charge on any atom is -0.364 e. The Morgan fingerprint density at radius 1 is 1.21 bits per heavy atom. The van der Waals surface area contributed by atoms with Gasteiger partial charge in [0.2, 0.25) is 0 Å². The highest BCUT2D eigenvalue weighted by Gasteiger charge is 2.17. The smallest absolute Gasteiger partial charge is 0.0470 e. The van der Waals surface area contributed by atoms with Crippen molar-refractivity contribution in [1.82, 2.24) is 9.88 Å². The largest absolute Gasteiger partial charge is 0.364 e. The maximum Gasteiger partial charge on any atom is 0.0470 e. The lowest BCUT2D eigenvalue weighted by molar-refractivity contribution is 0.216. The Morgan fingerprint density at radius 2 is 1.93 bits per heavy atom. The molecule has 1 unspecified atom stereocenters. The van der Waals surface area contributed by atoms with Crippen LogP contribution in [0.2, 0.25) is 0 Å². The van der Waals surface area contributed by atoms with E-state index in [2.05, 4.69) is 28.9 Å². The monoisotopic (exact) mass is 192 g/mol. The average Bonchev–Trinajstić information content (AvgIpc) is 2.59. The summed E-state index contributed by atoms with van der Waals surface area (Å²) in [6.45, 7) is 4.83. The quantitative estimate of drug-likeness (QED) is 0.763. The molecule has 0 spiro atoms. The van der Waals surface area contributed by atoms with Gasteiger partial charge in [-0.25, -0.2) is 0 Å². The first-order valence-electron chi connectivity index (χ1n) is 5.75. The highest BCUT2D eigenvalue weighted by atomic mass is 15.2. The van der Waals surface area contributed by atoms with Gasteiger partial charge in [0, 0.05) is 17.9 Å². The predicted molar refractivity (Wildman–Crippen MR) is 59.2 cm³/mol. The Balaban J connectivity index is 1.99. The Labute approximate surface area is 86.3 Å². The molecular formula is C12H20N2. The van der Waals surface area contributed by atoms with Gasteiger partial charge >= 0.3 is 0 Å². The fourth-order valence-electron chi connectivity index (χ4n) is 2.28. The van der Waals surface area contributed by atoms with Crippen molar-refractivity contribution in [2.45, 2.75) is 38.6 Å². The van der Waals surface area contributed by atoms with Crippen LogP contribution >= 0.6 is 0 Å². The van der Waals surface area contributed by atoms with E-state index in [1.807, 2.05) is 6.20 Å². The highest BCUT2D eigenvalue weighted by molar-refractivity contribution is 5.08. The molecule has 0 aliphatic carbocycles. The molecule has 1 atom stereocenters. The van der Waals surface area contributed by atoms with E-state index in [-0.39, 0.29) is 0 Å². The number of rotatable bonds is 2. The topological polar surface area (TPSA) is 19.0 Å². The van der Waals surface area contributed by atoms with Crippen molar-refractivity contribution in [2.75, 3.05) is 13.1 Å². The lowest BCUT2D eigenvalue weighted by atomic mass is 10.2. The second-order valence-electron chi connectivity index (χ2n) is 4.25. The van der Waals surface area contributed by atoms with Gasteiger partial charge in [-0.2, -0.15) is 0 Å². The van der Waals surface area contributed by atoms with Crippen LogP contribution in [0.3, 0.4) is 0 Å². The number of likely N-dealkylation sites (tertiary alicyclic amines) is 1. The van der Waals surface area contributed by atoms with Crippen LogP contribution in [0, 0.1) is 0 Å². The van der Waals surface area contributed by atoms with Crippen molar-refractivity contribution in [3.8, 4) is 0 Å². The number of nitrogens with one attached hydrogen (secondary N) is 1. The van der Waals surface area contributed by atoms with E-state index in [0.717, 1.165) is 0 Å². The first-order valence-corrected chi connectivity index (χ1v) is 5.75. The van der Waals surface area contributed by atoms with Crippen LogP contribution in [0.25, 0.3) is 0 Å². The Morgan fingerprint density at radius 3 is 2.50 bits per heavy atom. The van der Waals surface area contributed by atoms with Gasteiger partial charge in [-0.05, 0) is 45.0 Å². The van der Waals surface area contributed by atoms with Gasteiger partial charge in [-0.15, -0.1) is 0 Å². The Hall–Kier alpha value is -0.760. The first-order chi connectivity index (χ1) is 6.88. The zero-order chi connectivity index (χ0) is 9.80. The number of hydrogen-bond donors (Lipinski definition) is 1. The van der Waals surface area contributed by atoms with Crippen LogP contribution < -0.4 is 0 Å². The van der Waals surface area contributed by atoms with Crippen LogP contribution in [-0.4, -0.2) is 23.0 Å². The number of aromatic nitrogens is 1. The summed E-state index contributed by atoms with van der Waals surface area (Å²) in [5, 5.41) is 0. The molecule has 0 aromatic carbocycles. The van der Waals surface area contributed by atoms with Gasteiger partial charge in [-0.1, -0.05) is 12.8 Å². The lowest BCUT2D eigenvalue weighted by Gasteiger charge is -2.26. The van der Waals surface area contributed by atoms with Crippen molar-refractivity contribution >= 4 is 0 Å². The zero-order valence-electron chi connectivity index (χ0n) is 9.00. The maximum absolute atomic E-state index is 3.31. The molecule has 1 aliphatic heterocycles. The number of aromatic amines is 1. The van der Waals surface area contributed by atoms with Crippen LogP contribution in [0.1, 0.15) is 44.3 Å². The molecule has 0 radical (unpaired) electrons. The predicted octanol–water partition coefficient (Wildman–Crippen LogP) is 2.95. The van der Waals surface area contributed by atoms with Crippen molar-refractivity contribution in [3.05, 3.63) is 24.0 Å². The molecular weight excluding hydrogens is 172 g/mol. The summed E-state index contributed by atoms with van der Waals surface area (Å²) in [5.41, 5.74) is 1.35.